The quantitative estimate of drug-likeness (QED) is 0.587. The van der Waals surface area contributed by atoms with Crippen molar-refractivity contribution >= 4 is 18.0 Å². The van der Waals surface area contributed by atoms with Crippen LogP contribution < -0.4 is 0 Å². The van der Waals surface area contributed by atoms with Crippen LogP contribution in [0.5, 0.6) is 0 Å². The molecule has 0 radical (unpaired) electrons. The third-order valence-electron chi connectivity index (χ3n) is 0.700. The molecular formula is C4H10ClO2P. The van der Waals surface area contributed by atoms with Gasteiger partial charge in [-0.05, 0) is 18.2 Å². The molecule has 0 N–H and O–H groups in total. The minimum Gasteiger partial charge on any atom is -0.318 e. The largest absolute Gasteiger partial charge is 0.318 e. The lowest BCUT2D eigenvalue weighted by molar-refractivity contribution is 0.346. The van der Waals surface area contributed by atoms with E-state index in [2.05, 4.69) is 0 Å². The molecule has 0 spiro atoms. The van der Waals surface area contributed by atoms with E-state index >= 15 is 0 Å². The molecule has 0 heterocycles. The van der Waals surface area contributed by atoms with Crippen molar-refractivity contribution in [3.05, 3.63) is 0 Å². The van der Waals surface area contributed by atoms with Crippen molar-refractivity contribution in [1.82, 2.24) is 0 Å². The normalized spacial score (nSPS) is 17.9. The molecule has 0 saturated carbocycles. The molecule has 0 amide bonds. The van der Waals surface area contributed by atoms with Crippen LogP contribution in [0.15, 0.2) is 0 Å². The van der Waals surface area contributed by atoms with Crippen LogP contribution >= 0.6 is 18.0 Å². The zero-order valence-corrected chi connectivity index (χ0v) is 6.71. The molecule has 0 aromatic heterocycles. The minimum absolute atomic E-state index is 0.405. The Bertz CT molecular complexity index is 104. The molecule has 0 bridgehead atoms. The summed E-state index contributed by atoms with van der Waals surface area (Å²) in [7, 11) is 0. The zero-order valence-electron chi connectivity index (χ0n) is 5.06. The van der Waals surface area contributed by atoms with Crippen molar-refractivity contribution in [2.45, 2.75) is 13.8 Å². The van der Waals surface area contributed by atoms with Crippen molar-refractivity contribution in [3.63, 3.8) is 0 Å². The van der Waals surface area contributed by atoms with Crippen molar-refractivity contribution in [3.8, 4) is 0 Å². The summed E-state index contributed by atoms with van der Waals surface area (Å²) in [6.07, 6.45) is 0.405. The van der Waals surface area contributed by atoms with Crippen LogP contribution in [0.4, 0.5) is 0 Å². The predicted molar refractivity (Wildman–Crippen MR) is 35.6 cm³/mol. The van der Waals surface area contributed by atoms with Crippen molar-refractivity contribution < 1.29 is 9.09 Å². The lowest BCUT2D eigenvalue weighted by atomic mass is 10.9. The van der Waals surface area contributed by atoms with Gasteiger partial charge in [-0.3, -0.25) is 4.57 Å². The molecule has 0 saturated heterocycles. The fourth-order valence-corrected chi connectivity index (χ4v) is 1.14. The highest BCUT2D eigenvalue weighted by Gasteiger charge is 2.13. The van der Waals surface area contributed by atoms with E-state index in [9.17, 15) is 4.57 Å². The molecule has 4 heteroatoms. The molecule has 0 aromatic carbocycles. The minimum atomic E-state index is -2.70. The average molecular weight is 157 g/mol. The second kappa shape index (κ2) is 3.49. The van der Waals surface area contributed by atoms with Gasteiger partial charge in [-0.1, -0.05) is 6.92 Å². The van der Waals surface area contributed by atoms with Gasteiger partial charge in [0.1, 0.15) is 0 Å². The fraction of sp³-hybridized carbons (Fsp3) is 1.00. The van der Waals surface area contributed by atoms with Gasteiger partial charge in [0.05, 0.1) is 6.61 Å². The Morgan fingerprint density at radius 1 is 1.62 bits per heavy atom. The molecule has 0 aliphatic heterocycles. The average Bonchev–Trinajstić information content (AvgIpc) is 1.67. The van der Waals surface area contributed by atoms with E-state index in [0.717, 1.165) is 0 Å². The summed E-state index contributed by atoms with van der Waals surface area (Å²) in [5, 5.41) is 0. The molecular weight excluding hydrogens is 146 g/mol. The summed E-state index contributed by atoms with van der Waals surface area (Å²) in [5.74, 6) is 0. The number of hydrogen-bond donors (Lipinski definition) is 0. The zero-order chi connectivity index (χ0) is 6.62. The van der Waals surface area contributed by atoms with Crippen molar-refractivity contribution in [2.75, 3.05) is 12.8 Å². The van der Waals surface area contributed by atoms with Gasteiger partial charge < -0.3 is 4.52 Å². The maximum Gasteiger partial charge on any atom is 0.289 e. The predicted octanol–water partition coefficient (Wildman–Crippen LogP) is 2.47. The Kier molecular flexibility index (Phi) is 3.70. The van der Waals surface area contributed by atoms with E-state index in [-0.39, 0.29) is 0 Å². The number of rotatable bonds is 3. The van der Waals surface area contributed by atoms with Gasteiger partial charge in [0.2, 0.25) is 0 Å². The summed E-state index contributed by atoms with van der Waals surface area (Å²) < 4.78 is 15.4. The van der Waals surface area contributed by atoms with E-state index in [4.69, 9.17) is 15.8 Å². The van der Waals surface area contributed by atoms with Crippen molar-refractivity contribution in [1.29, 1.82) is 0 Å². The van der Waals surface area contributed by atoms with E-state index in [1.165, 1.54) is 0 Å². The van der Waals surface area contributed by atoms with Gasteiger partial charge in [0, 0.05) is 6.16 Å². The Morgan fingerprint density at radius 2 is 2.12 bits per heavy atom. The molecule has 1 atom stereocenters. The molecule has 1 unspecified atom stereocenters. The van der Waals surface area contributed by atoms with Crippen molar-refractivity contribution in [2.24, 2.45) is 0 Å². The van der Waals surface area contributed by atoms with Gasteiger partial charge in [-0.25, -0.2) is 0 Å². The maximum atomic E-state index is 10.7. The summed E-state index contributed by atoms with van der Waals surface area (Å²) in [4.78, 5) is 0. The highest BCUT2D eigenvalue weighted by molar-refractivity contribution is 7.85. The van der Waals surface area contributed by atoms with Gasteiger partial charge in [-0.2, -0.15) is 0 Å². The Labute approximate surface area is 54.4 Å². The Balaban J connectivity index is 3.55. The van der Waals surface area contributed by atoms with Gasteiger partial charge in [-0.15, -0.1) is 0 Å². The van der Waals surface area contributed by atoms with E-state index < -0.39 is 6.72 Å². The molecule has 0 fully saturated rings. The van der Waals surface area contributed by atoms with Crippen LogP contribution in [0, 0.1) is 0 Å². The highest BCUT2D eigenvalue weighted by atomic mass is 35.7. The van der Waals surface area contributed by atoms with Crippen LogP contribution in [0.3, 0.4) is 0 Å². The topological polar surface area (TPSA) is 26.3 Å². The Morgan fingerprint density at radius 3 is 2.25 bits per heavy atom. The van der Waals surface area contributed by atoms with Crippen LogP contribution in [0.25, 0.3) is 0 Å². The monoisotopic (exact) mass is 156 g/mol. The van der Waals surface area contributed by atoms with Crippen LogP contribution in [0.2, 0.25) is 0 Å². The summed E-state index contributed by atoms with van der Waals surface area (Å²) in [6, 6.07) is 0. The molecule has 0 aliphatic carbocycles. The second-order valence-electron chi connectivity index (χ2n) is 1.32. The molecule has 0 aromatic rings. The molecule has 8 heavy (non-hydrogen) atoms. The smallest absolute Gasteiger partial charge is 0.289 e. The SMILES string of the molecule is CCOP(=O)(Cl)CC. The first-order valence-corrected chi connectivity index (χ1v) is 5.27. The van der Waals surface area contributed by atoms with Gasteiger partial charge >= 0.3 is 0 Å². The standard InChI is InChI=1S/C4H10ClO2P/c1-3-7-8(5,6)4-2/h3-4H2,1-2H3. The van der Waals surface area contributed by atoms with Gasteiger partial charge in [0.15, 0.2) is 0 Å². The third kappa shape index (κ3) is 3.48. The first-order valence-electron chi connectivity index (χ1n) is 2.55. The second-order valence-corrected chi connectivity index (χ2v) is 4.94. The molecule has 50 valence electrons. The van der Waals surface area contributed by atoms with E-state index in [1.807, 2.05) is 0 Å². The van der Waals surface area contributed by atoms with Gasteiger partial charge in [0.25, 0.3) is 6.72 Å². The third-order valence-corrected chi connectivity index (χ3v) is 3.11. The molecule has 0 rings (SSSR count). The maximum absolute atomic E-state index is 10.7. The fourth-order valence-electron chi connectivity index (χ4n) is 0.284. The first-order chi connectivity index (χ1) is 3.62. The number of hydrogen-bond acceptors (Lipinski definition) is 2. The molecule has 2 nitrogen and oxygen atoms in total. The van der Waals surface area contributed by atoms with E-state index in [0.29, 0.717) is 12.8 Å². The van der Waals surface area contributed by atoms with Crippen LogP contribution in [-0.2, 0) is 9.09 Å². The summed E-state index contributed by atoms with van der Waals surface area (Å²) >= 11 is 5.35. The highest BCUT2D eigenvalue weighted by Crippen LogP contribution is 2.51. The summed E-state index contributed by atoms with van der Waals surface area (Å²) in [6.45, 7) is 1.23. The van der Waals surface area contributed by atoms with Crippen LogP contribution in [0.1, 0.15) is 13.8 Å². The lowest BCUT2D eigenvalue weighted by Gasteiger charge is -2.04. The molecule has 0 aliphatic rings. The van der Waals surface area contributed by atoms with Crippen LogP contribution in [-0.4, -0.2) is 12.8 Å². The lowest BCUT2D eigenvalue weighted by Crippen LogP contribution is -1.84. The van der Waals surface area contributed by atoms with E-state index in [1.54, 1.807) is 13.8 Å². The Hall–Kier alpha value is 0.480. The first kappa shape index (κ1) is 8.48. The summed E-state index contributed by atoms with van der Waals surface area (Å²) in [5.41, 5.74) is 0. The number of halogens is 1.